The van der Waals surface area contributed by atoms with E-state index in [1.807, 2.05) is 30.3 Å². The summed E-state index contributed by atoms with van der Waals surface area (Å²) in [6.45, 7) is 0. The molecule has 0 saturated carbocycles. The van der Waals surface area contributed by atoms with Crippen LogP contribution in [0.2, 0.25) is 0 Å². The van der Waals surface area contributed by atoms with Gasteiger partial charge in [-0.3, -0.25) is 0 Å². The van der Waals surface area contributed by atoms with Crippen molar-refractivity contribution in [3.8, 4) is 17.0 Å². The molecular weight excluding hydrogens is 240 g/mol. The van der Waals surface area contributed by atoms with Gasteiger partial charge in [0.15, 0.2) is 0 Å². The van der Waals surface area contributed by atoms with Crippen LogP contribution in [0.4, 0.5) is 5.69 Å². The van der Waals surface area contributed by atoms with Crippen molar-refractivity contribution >= 4 is 16.6 Å². The van der Waals surface area contributed by atoms with E-state index in [1.54, 1.807) is 13.3 Å². The summed E-state index contributed by atoms with van der Waals surface area (Å²) in [7, 11) is 1.59. The molecule has 0 atom stereocenters. The Morgan fingerprint density at radius 1 is 1.05 bits per heavy atom. The predicted molar refractivity (Wildman–Crippen MR) is 73.7 cm³/mol. The van der Waals surface area contributed by atoms with Crippen molar-refractivity contribution in [3.63, 3.8) is 0 Å². The lowest BCUT2D eigenvalue weighted by Gasteiger charge is -2.10. The van der Waals surface area contributed by atoms with Crippen LogP contribution in [0.25, 0.3) is 22.0 Å². The lowest BCUT2D eigenvalue weighted by Crippen LogP contribution is -1.97. The molecule has 0 radical (unpaired) electrons. The van der Waals surface area contributed by atoms with Crippen LogP contribution in [-0.2, 0) is 0 Å². The number of rotatable bonds is 2. The molecule has 1 aromatic carbocycles. The molecule has 19 heavy (non-hydrogen) atoms. The van der Waals surface area contributed by atoms with E-state index < -0.39 is 0 Å². The van der Waals surface area contributed by atoms with E-state index in [9.17, 15) is 0 Å². The number of fused-ring (bicyclic) bond motifs is 1. The van der Waals surface area contributed by atoms with Crippen LogP contribution in [0.15, 0.2) is 42.7 Å². The summed E-state index contributed by atoms with van der Waals surface area (Å²) >= 11 is 0. The van der Waals surface area contributed by atoms with Crippen molar-refractivity contribution in [2.75, 3.05) is 12.8 Å². The quantitative estimate of drug-likeness (QED) is 0.757. The van der Waals surface area contributed by atoms with Gasteiger partial charge >= 0.3 is 0 Å². The molecule has 0 aliphatic heterocycles. The highest BCUT2D eigenvalue weighted by Crippen LogP contribution is 2.33. The van der Waals surface area contributed by atoms with Gasteiger partial charge in [0.25, 0.3) is 0 Å². The molecule has 5 nitrogen and oxygen atoms in total. The molecule has 2 N–H and O–H groups in total. The van der Waals surface area contributed by atoms with E-state index in [0.29, 0.717) is 11.6 Å². The standard InChI is InChI=1S/C14H12N4O/c1-19-14-10(11-7-16-17-8-12(11)15)6-9-4-2-3-5-13(9)18-14/h2-8H,1H3,(H2,15,16). The zero-order chi connectivity index (χ0) is 13.2. The SMILES string of the molecule is COc1nc2ccccc2cc1-c1cnncc1N. The smallest absolute Gasteiger partial charge is 0.221 e. The number of hydrogen-bond acceptors (Lipinski definition) is 5. The molecule has 94 valence electrons. The fourth-order valence-corrected chi connectivity index (χ4v) is 2.00. The molecule has 0 unspecified atom stereocenters. The Kier molecular flexibility index (Phi) is 2.72. The Hall–Kier alpha value is -2.69. The van der Waals surface area contributed by atoms with E-state index in [0.717, 1.165) is 22.0 Å². The number of nitrogens with zero attached hydrogens (tertiary/aromatic N) is 3. The summed E-state index contributed by atoms with van der Waals surface area (Å²) in [6.07, 6.45) is 3.13. The van der Waals surface area contributed by atoms with Crippen LogP contribution in [0, 0.1) is 0 Å². The average Bonchev–Trinajstić information content (AvgIpc) is 2.46. The Bertz CT molecular complexity index is 742. The summed E-state index contributed by atoms with van der Waals surface area (Å²) in [5.41, 5.74) is 8.94. The van der Waals surface area contributed by atoms with E-state index in [-0.39, 0.29) is 0 Å². The molecule has 0 spiro atoms. The normalized spacial score (nSPS) is 10.6. The van der Waals surface area contributed by atoms with Crippen LogP contribution in [0.1, 0.15) is 0 Å². The van der Waals surface area contributed by atoms with Crippen molar-refractivity contribution < 1.29 is 4.74 Å². The Morgan fingerprint density at radius 3 is 2.63 bits per heavy atom. The van der Waals surface area contributed by atoms with Gasteiger partial charge in [0.1, 0.15) is 0 Å². The Labute approximate surface area is 110 Å². The Morgan fingerprint density at radius 2 is 1.84 bits per heavy atom. The second-order valence-electron chi connectivity index (χ2n) is 4.10. The molecule has 0 fully saturated rings. The number of hydrogen-bond donors (Lipinski definition) is 1. The molecule has 5 heteroatoms. The molecule has 2 aromatic heterocycles. The van der Waals surface area contributed by atoms with Gasteiger partial charge in [0.2, 0.25) is 5.88 Å². The van der Waals surface area contributed by atoms with Crippen LogP contribution < -0.4 is 10.5 Å². The number of pyridine rings is 1. The third-order valence-corrected chi connectivity index (χ3v) is 2.93. The van der Waals surface area contributed by atoms with Crippen molar-refractivity contribution in [2.24, 2.45) is 0 Å². The van der Waals surface area contributed by atoms with Crippen molar-refractivity contribution in [1.29, 1.82) is 0 Å². The molecule has 2 heterocycles. The van der Waals surface area contributed by atoms with Crippen LogP contribution in [0.3, 0.4) is 0 Å². The summed E-state index contributed by atoms with van der Waals surface area (Å²) < 4.78 is 5.35. The van der Waals surface area contributed by atoms with E-state index in [4.69, 9.17) is 10.5 Å². The topological polar surface area (TPSA) is 73.9 Å². The van der Waals surface area contributed by atoms with Gasteiger partial charge in [0.05, 0.1) is 30.7 Å². The van der Waals surface area contributed by atoms with Crippen LogP contribution in [0.5, 0.6) is 5.88 Å². The maximum Gasteiger partial charge on any atom is 0.221 e. The molecule has 0 bridgehead atoms. The van der Waals surface area contributed by atoms with Gasteiger partial charge in [-0.15, -0.1) is 0 Å². The number of benzene rings is 1. The van der Waals surface area contributed by atoms with Crippen molar-refractivity contribution in [1.82, 2.24) is 15.2 Å². The molecular formula is C14H12N4O. The maximum absolute atomic E-state index is 5.93. The highest BCUT2D eigenvalue weighted by Gasteiger charge is 2.12. The number of ether oxygens (including phenoxy) is 1. The first-order chi connectivity index (χ1) is 9.29. The highest BCUT2D eigenvalue weighted by molar-refractivity contribution is 5.88. The van der Waals surface area contributed by atoms with Gasteiger partial charge < -0.3 is 10.5 Å². The van der Waals surface area contributed by atoms with Gasteiger partial charge in [-0.2, -0.15) is 10.2 Å². The third kappa shape index (κ3) is 1.95. The maximum atomic E-state index is 5.93. The minimum absolute atomic E-state index is 0.526. The first-order valence-electron chi connectivity index (χ1n) is 5.80. The van der Waals surface area contributed by atoms with E-state index >= 15 is 0 Å². The Balaban J connectivity index is 2.31. The molecule has 0 aliphatic carbocycles. The zero-order valence-electron chi connectivity index (χ0n) is 10.4. The lowest BCUT2D eigenvalue weighted by atomic mass is 10.1. The number of nitrogen functional groups attached to an aromatic ring is 1. The largest absolute Gasteiger partial charge is 0.481 e. The summed E-state index contributed by atoms with van der Waals surface area (Å²) in [5, 5.41) is 8.64. The molecule has 0 aliphatic rings. The predicted octanol–water partition coefficient (Wildman–Crippen LogP) is 2.28. The lowest BCUT2D eigenvalue weighted by molar-refractivity contribution is 0.401. The minimum atomic E-state index is 0.526. The summed E-state index contributed by atoms with van der Waals surface area (Å²) in [5.74, 6) is 0.526. The zero-order valence-corrected chi connectivity index (χ0v) is 10.4. The molecule has 3 aromatic rings. The highest BCUT2D eigenvalue weighted by atomic mass is 16.5. The number of para-hydroxylation sites is 1. The van der Waals surface area contributed by atoms with Crippen LogP contribution in [-0.4, -0.2) is 22.3 Å². The van der Waals surface area contributed by atoms with Gasteiger partial charge in [-0.1, -0.05) is 18.2 Å². The van der Waals surface area contributed by atoms with Crippen LogP contribution >= 0.6 is 0 Å². The molecule has 0 amide bonds. The number of methoxy groups -OCH3 is 1. The van der Waals surface area contributed by atoms with Crippen molar-refractivity contribution in [3.05, 3.63) is 42.7 Å². The first-order valence-corrected chi connectivity index (χ1v) is 5.80. The van der Waals surface area contributed by atoms with E-state index in [2.05, 4.69) is 15.2 Å². The minimum Gasteiger partial charge on any atom is -0.481 e. The summed E-state index contributed by atoms with van der Waals surface area (Å²) in [4.78, 5) is 4.49. The fourth-order valence-electron chi connectivity index (χ4n) is 2.00. The number of aromatic nitrogens is 3. The monoisotopic (exact) mass is 252 g/mol. The average molecular weight is 252 g/mol. The van der Waals surface area contributed by atoms with Crippen molar-refractivity contribution in [2.45, 2.75) is 0 Å². The third-order valence-electron chi connectivity index (χ3n) is 2.93. The summed E-state index contributed by atoms with van der Waals surface area (Å²) in [6, 6.07) is 9.84. The van der Waals surface area contributed by atoms with E-state index in [1.165, 1.54) is 6.20 Å². The number of anilines is 1. The number of nitrogens with two attached hydrogens (primary N) is 1. The fraction of sp³-hybridized carbons (Fsp3) is 0.0714. The molecule has 3 rings (SSSR count). The van der Waals surface area contributed by atoms with Gasteiger partial charge in [-0.25, -0.2) is 4.98 Å². The van der Waals surface area contributed by atoms with Gasteiger partial charge in [0, 0.05) is 16.5 Å². The second kappa shape index (κ2) is 4.53. The second-order valence-corrected chi connectivity index (χ2v) is 4.10. The molecule has 0 saturated heterocycles. The first kappa shape index (κ1) is 11.4. The van der Waals surface area contributed by atoms with Gasteiger partial charge in [-0.05, 0) is 12.1 Å².